The largest absolute Gasteiger partial charge is 0.490 e. The average molecular weight is 535 g/mol. The molecule has 3 aromatic rings. The van der Waals surface area contributed by atoms with E-state index in [1.165, 1.54) is 33.4 Å². The maximum Gasteiger partial charge on any atom is 0.347 e. The fraction of sp³-hybridized carbons (Fsp3) is 0.355. The molecule has 0 unspecified atom stereocenters. The van der Waals surface area contributed by atoms with Crippen LogP contribution in [0.4, 0.5) is 0 Å². The molecule has 0 saturated carbocycles. The normalized spacial score (nSPS) is 13.1. The first-order chi connectivity index (χ1) is 18.4. The van der Waals surface area contributed by atoms with Crippen LogP contribution in [0.2, 0.25) is 0 Å². The van der Waals surface area contributed by atoms with Gasteiger partial charge >= 0.3 is 5.97 Å². The van der Waals surface area contributed by atoms with Crippen molar-refractivity contribution in [3.63, 3.8) is 0 Å². The van der Waals surface area contributed by atoms with Gasteiger partial charge in [-0.2, -0.15) is 0 Å². The standard InChI is InChI=1S/C31H34O6S/c1-21-5-8-24-25-9-6-22(2)18-28(25)31(3,27(24)17-21)23-7-10-29(26(19-23)30(32)37-20-38)36-16-15-35-14-13-34-12-11-33-4/h5-10,17-20H,11-16H2,1-4H3. The van der Waals surface area contributed by atoms with Crippen LogP contribution >= 0.6 is 12.2 Å². The number of hydrogen-bond donors (Lipinski definition) is 0. The fourth-order valence-corrected chi connectivity index (χ4v) is 5.07. The highest BCUT2D eigenvalue weighted by atomic mass is 32.1. The second-order valence-corrected chi connectivity index (χ2v) is 9.69. The Bertz CT molecular complexity index is 1250. The molecule has 7 heteroatoms. The lowest BCUT2D eigenvalue weighted by Gasteiger charge is -2.29. The molecule has 4 rings (SSSR count). The molecule has 0 radical (unpaired) electrons. The molecule has 0 N–H and O–H groups in total. The van der Waals surface area contributed by atoms with Gasteiger partial charge in [-0.15, -0.1) is 0 Å². The van der Waals surface area contributed by atoms with E-state index < -0.39 is 11.4 Å². The van der Waals surface area contributed by atoms with Crippen LogP contribution in [0.5, 0.6) is 5.75 Å². The van der Waals surface area contributed by atoms with Gasteiger partial charge in [0.15, 0.2) is 5.55 Å². The number of rotatable bonds is 13. The first-order valence-electron chi connectivity index (χ1n) is 12.7. The van der Waals surface area contributed by atoms with Gasteiger partial charge in [0.05, 0.1) is 33.0 Å². The lowest BCUT2D eigenvalue weighted by molar-refractivity contribution is 0.0178. The molecule has 1 aliphatic carbocycles. The van der Waals surface area contributed by atoms with Crippen LogP contribution in [0.3, 0.4) is 0 Å². The van der Waals surface area contributed by atoms with Gasteiger partial charge in [0.2, 0.25) is 0 Å². The van der Waals surface area contributed by atoms with E-state index in [0.29, 0.717) is 44.3 Å². The third-order valence-electron chi connectivity index (χ3n) is 6.94. The predicted octanol–water partition coefficient (Wildman–Crippen LogP) is 5.81. The Morgan fingerprint density at radius 2 is 1.39 bits per heavy atom. The third kappa shape index (κ3) is 5.81. The van der Waals surface area contributed by atoms with Gasteiger partial charge in [-0.3, -0.25) is 0 Å². The summed E-state index contributed by atoms with van der Waals surface area (Å²) in [5, 5.41) is 0. The van der Waals surface area contributed by atoms with Crippen molar-refractivity contribution < 1.29 is 28.5 Å². The minimum absolute atomic E-state index is 0.274. The van der Waals surface area contributed by atoms with Gasteiger partial charge in [0.25, 0.3) is 0 Å². The zero-order valence-corrected chi connectivity index (χ0v) is 23.2. The summed E-state index contributed by atoms with van der Waals surface area (Å²) in [6.45, 7) is 9.04. The highest BCUT2D eigenvalue weighted by Crippen LogP contribution is 2.53. The molecule has 0 fully saturated rings. The van der Waals surface area contributed by atoms with Crippen LogP contribution in [0.25, 0.3) is 11.1 Å². The number of ether oxygens (including phenoxy) is 5. The Morgan fingerprint density at radius 3 is 1.97 bits per heavy atom. The highest BCUT2D eigenvalue weighted by Gasteiger charge is 2.41. The summed E-state index contributed by atoms with van der Waals surface area (Å²) < 4.78 is 26.9. The van der Waals surface area contributed by atoms with E-state index in [-0.39, 0.29) is 6.61 Å². The van der Waals surface area contributed by atoms with Gasteiger partial charge in [0.1, 0.15) is 17.9 Å². The van der Waals surface area contributed by atoms with Crippen molar-refractivity contribution in [2.45, 2.75) is 26.2 Å². The number of methoxy groups -OCH3 is 1. The Balaban J connectivity index is 1.60. The molecule has 38 heavy (non-hydrogen) atoms. The summed E-state index contributed by atoms with van der Waals surface area (Å²) in [5.41, 5.74) is 9.02. The summed E-state index contributed by atoms with van der Waals surface area (Å²) in [4.78, 5) is 12.9. The maximum absolute atomic E-state index is 12.9. The van der Waals surface area contributed by atoms with E-state index in [1.807, 2.05) is 18.2 Å². The van der Waals surface area contributed by atoms with E-state index in [2.05, 4.69) is 57.2 Å². The average Bonchev–Trinajstić information content (AvgIpc) is 3.15. The van der Waals surface area contributed by atoms with Crippen molar-refractivity contribution >= 4 is 23.7 Å². The van der Waals surface area contributed by atoms with Crippen molar-refractivity contribution in [1.82, 2.24) is 0 Å². The Morgan fingerprint density at radius 1 is 0.816 bits per heavy atom. The van der Waals surface area contributed by atoms with Crippen LogP contribution in [0.15, 0.2) is 54.6 Å². The molecule has 0 bridgehead atoms. The smallest absolute Gasteiger partial charge is 0.347 e. The molecule has 0 heterocycles. The molecule has 0 saturated heterocycles. The first kappa shape index (κ1) is 27.9. The Hall–Kier alpha value is -3.10. The van der Waals surface area contributed by atoms with E-state index in [9.17, 15) is 4.79 Å². The van der Waals surface area contributed by atoms with E-state index in [4.69, 9.17) is 35.9 Å². The van der Waals surface area contributed by atoms with Gasteiger partial charge in [0, 0.05) is 12.5 Å². The van der Waals surface area contributed by atoms with Crippen LogP contribution in [0.1, 0.15) is 45.1 Å². The number of aryl methyl sites for hydroxylation is 2. The summed E-state index contributed by atoms with van der Waals surface area (Å²) in [6, 6.07) is 18.8. The number of esters is 1. The molecule has 0 atom stereocenters. The quantitative estimate of drug-likeness (QED) is 0.156. The summed E-state index contributed by atoms with van der Waals surface area (Å²) >= 11 is 4.79. The molecule has 0 amide bonds. The van der Waals surface area contributed by atoms with E-state index >= 15 is 0 Å². The molecule has 0 aliphatic heterocycles. The first-order valence-corrected chi connectivity index (χ1v) is 13.2. The number of hydrogen-bond acceptors (Lipinski definition) is 7. The fourth-order valence-electron chi connectivity index (χ4n) is 4.98. The zero-order valence-electron chi connectivity index (χ0n) is 22.4. The maximum atomic E-state index is 12.9. The summed E-state index contributed by atoms with van der Waals surface area (Å²) in [7, 11) is 1.63. The van der Waals surface area contributed by atoms with Crippen molar-refractivity contribution in [1.29, 1.82) is 0 Å². The van der Waals surface area contributed by atoms with Crippen molar-refractivity contribution in [3.05, 3.63) is 88.0 Å². The molecule has 200 valence electrons. The minimum Gasteiger partial charge on any atom is -0.490 e. The number of fused-ring (bicyclic) bond motifs is 3. The van der Waals surface area contributed by atoms with E-state index in [1.54, 1.807) is 7.11 Å². The van der Waals surface area contributed by atoms with Gasteiger partial charge in [-0.05, 0) is 72.9 Å². The van der Waals surface area contributed by atoms with Crippen LogP contribution in [-0.2, 0) is 24.4 Å². The summed E-state index contributed by atoms with van der Waals surface area (Å²) in [6.07, 6.45) is 0. The van der Waals surface area contributed by atoms with Crippen LogP contribution < -0.4 is 4.74 Å². The zero-order chi connectivity index (χ0) is 27.1. The monoisotopic (exact) mass is 534 g/mol. The van der Waals surface area contributed by atoms with Crippen molar-refractivity contribution in [3.8, 4) is 16.9 Å². The number of benzene rings is 3. The third-order valence-corrected chi connectivity index (χ3v) is 7.03. The molecule has 6 nitrogen and oxygen atoms in total. The van der Waals surface area contributed by atoms with Crippen molar-refractivity contribution in [2.24, 2.45) is 0 Å². The minimum atomic E-state index is -0.556. The molecular formula is C31H34O6S. The number of thiocarbonyl (C=S) groups is 1. The van der Waals surface area contributed by atoms with E-state index in [0.717, 1.165) is 11.1 Å². The number of carbonyl (C=O) groups excluding carboxylic acids is 1. The Labute approximate surface area is 229 Å². The van der Waals surface area contributed by atoms with Gasteiger partial charge in [-0.25, -0.2) is 4.79 Å². The lowest BCUT2D eigenvalue weighted by atomic mass is 9.73. The lowest BCUT2D eigenvalue weighted by Crippen LogP contribution is -2.23. The molecule has 0 aromatic heterocycles. The molecular weight excluding hydrogens is 500 g/mol. The van der Waals surface area contributed by atoms with Crippen LogP contribution in [-0.4, -0.2) is 58.3 Å². The topological polar surface area (TPSA) is 63.2 Å². The van der Waals surface area contributed by atoms with Crippen LogP contribution in [0, 0.1) is 13.8 Å². The summed E-state index contributed by atoms with van der Waals surface area (Å²) in [5.74, 6) is -0.133. The second-order valence-electron chi connectivity index (χ2n) is 9.50. The number of carbonyl (C=O) groups is 1. The highest BCUT2D eigenvalue weighted by molar-refractivity contribution is 7.78. The van der Waals surface area contributed by atoms with Crippen molar-refractivity contribution in [2.75, 3.05) is 46.8 Å². The second kappa shape index (κ2) is 12.6. The predicted molar refractivity (Wildman–Crippen MR) is 151 cm³/mol. The van der Waals surface area contributed by atoms with Gasteiger partial charge < -0.3 is 23.7 Å². The van der Waals surface area contributed by atoms with Gasteiger partial charge in [-0.1, -0.05) is 53.6 Å². The molecule has 1 aliphatic rings. The molecule has 3 aromatic carbocycles. The SMILES string of the molecule is COCCOCCOCCOc1ccc(C2(C)c3cc(C)ccc3-c3ccc(C)cc32)cc1C(=O)OC=S. The molecule has 0 spiro atoms. The Kier molecular flexibility index (Phi) is 9.28.